The van der Waals surface area contributed by atoms with Gasteiger partial charge in [0.25, 0.3) is 0 Å². The van der Waals surface area contributed by atoms with Crippen molar-refractivity contribution in [2.24, 2.45) is 5.92 Å². The van der Waals surface area contributed by atoms with Gasteiger partial charge in [-0.25, -0.2) is 0 Å². The first-order valence-electron chi connectivity index (χ1n) is 14.4. The van der Waals surface area contributed by atoms with Crippen LogP contribution in [0.3, 0.4) is 0 Å². The Hall–Kier alpha value is -2.07. The number of hydrogen-bond acceptors (Lipinski definition) is 17. The molecule has 17 heteroatoms. The molecule has 3 aliphatic rings. The Morgan fingerprint density at radius 2 is 1.27 bits per heavy atom. The number of aliphatic hydroxyl groups excluding tert-OH is 10. The Labute approximate surface area is 257 Å². The zero-order valence-electron chi connectivity index (χ0n) is 24.6. The molecule has 256 valence electrons. The molecule has 0 bridgehead atoms. The van der Waals surface area contributed by atoms with Crippen molar-refractivity contribution >= 4 is 5.78 Å². The van der Waals surface area contributed by atoms with Crippen molar-refractivity contribution in [3.05, 3.63) is 23.8 Å². The Morgan fingerprint density at radius 3 is 1.73 bits per heavy atom. The van der Waals surface area contributed by atoms with E-state index in [1.165, 1.54) is 32.2 Å². The molecule has 2 heterocycles. The number of benzene rings is 1. The minimum absolute atomic E-state index is 0.0922. The average Bonchev–Trinajstić information content (AvgIpc) is 3.03. The lowest BCUT2D eigenvalue weighted by atomic mass is 9.80. The van der Waals surface area contributed by atoms with Crippen LogP contribution < -0.4 is 9.47 Å². The SMILES string of the molecule is COc1cc(C(C)=O)ccc1O[C@@H]1C[C@H](CO)[C@@H](O)[C@H](O[C@@H]2O[C@H](CO)[C@@H](O)[C@H](O)[C@H]2O)[C@H]1O[C@@H]1O[C@H](CO)[C@@H](O)[C@H](O)[C@H]1O. The van der Waals surface area contributed by atoms with Crippen molar-refractivity contribution in [2.45, 2.75) is 99.2 Å². The third-order valence-corrected chi connectivity index (χ3v) is 8.41. The van der Waals surface area contributed by atoms with Gasteiger partial charge in [0, 0.05) is 18.1 Å². The van der Waals surface area contributed by atoms with Crippen molar-refractivity contribution in [1.82, 2.24) is 0 Å². The molecule has 1 saturated carbocycles. The molecule has 1 aromatic carbocycles. The van der Waals surface area contributed by atoms with E-state index >= 15 is 0 Å². The molecule has 3 fully saturated rings. The maximum Gasteiger partial charge on any atom is 0.187 e. The molecule has 2 aliphatic heterocycles. The third-order valence-electron chi connectivity index (χ3n) is 8.41. The van der Waals surface area contributed by atoms with Gasteiger partial charge in [0.15, 0.2) is 29.9 Å². The van der Waals surface area contributed by atoms with Crippen LogP contribution in [0, 0.1) is 5.92 Å². The summed E-state index contributed by atoms with van der Waals surface area (Å²) in [7, 11) is 1.33. The molecule has 1 aromatic rings. The largest absolute Gasteiger partial charge is 0.493 e. The molecule has 0 unspecified atom stereocenters. The van der Waals surface area contributed by atoms with Gasteiger partial charge in [-0.2, -0.15) is 0 Å². The number of methoxy groups -OCH3 is 1. The lowest BCUT2D eigenvalue weighted by molar-refractivity contribution is -0.359. The lowest BCUT2D eigenvalue weighted by Gasteiger charge is -2.49. The minimum Gasteiger partial charge on any atom is -0.493 e. The fourth-order valence-electron chi connectivity index (χ4n) is 5.68. The predicted octanol–water partition coefficient (Wildman–Crippen LogP) is -4.61. The highest BCUT2D eigenvalue weighted by Gasteiger charge is 2.54. The molecule has 0 spiro atoms. The predicted molar refractivity (Wildman–Crippen MR) is 146 cm³/mol. The Bertz CT molecular complexity index is 1120. The van der Waals surface area contributed by atoms with Crippen molar-refractivity contribution in [3.8, 4) is 11.5 Å². The van der Waals surface area contributed by atoms with E-state index in [2.05, 4.69) is 0 Å². The normalized spacial score (nSPS) is 42.3. The number of hydrogen-bond donors (Lipinski definition) is 10. The van der Waals surface area contributed by atoms with Crippen molar-refractivity contribution in [3.63, 3.8) is 0 Å². The first kappa shape index (κ1) is 35.8. The highest BCUT2D eigenvalue weighted by Crippen LogP contribution is 2.39. The molecule has 0 aromatic heterocycles. The van der Waals surface area contributed by atoms with Gasteiger partial charge in [-0.1, -0.05) is 0 Å². The van der Waals surface area contributed by atoms with E-state index in [9.17, 15) is 55.9 Å². The van der Waals surface area contributed by atoms with E-state index in [-0.39, 0.29) is 23.7 Å². The minimum atomic E-state index is -1.89. The summed E-state index contributed by atoms with van der Waals surface area (Å²) in [5.41, 5.74) is 0.310. The van der Waals surface area contributed by atoms with Crippen molar-refractivity contribution in [1.29, 1.82) is 0 Å². The zero-order chi connectivity index (χ0) is 33.2. The van der Waals surface area contributed by atoms with Crippen LogP contribution in [0.5, 0.6) is 11.5 Å². The van der Waals surface area contributed by atoms with E-state index in [1.807, 2.05) is 0 Å². The summed E-state index contributed by atoms with van der Waals surface area (Å²) in [5.74, 6) is -0.984. The van der Waals surface area contributed by atoms with Gasteiger partial charge < -0.3 is 79.5 Å². The number of Topliss-reactive ketones (excluding diaryl/α,β-unsaturated/α-hetero) is 1. The van der Waals surface area contributed by atoms with Crippen molar-refractivity contribution < 1.29 is 84.3 Å². The number of carbonyl (C=O) groups excluding carboxylic acids is 1. The molecule has 0 radical (unpaired) electrons. The molecular weight excluding hydrogens is 608 g/mol. The van der Waals surface area contributed by atoms with Crippen LogP contribution in [-0.4, -0.2) is 170 Å². The van der Waals surface area contributed by atoms with E-state index in [0.29, 0.717) is 5.56 Å². The molecule has 15 atom stereocenters. The molecule has 0 amide bonds. The van der Waals surface area contributed by atoms with Crippen molar-refractivity contribution in [2.75, 3.05) is 26.9 Å². The molecule has 2 saturated heterocycles. The summed E-state index contributed by atoms with van der Waals surface area (Å²) >= 11 is 0. The number of ether oxygens (including phenoxy) is 6. The summed E-state index contributed by atoms with van der Waals surface area (Å²) in [6, 6.07) is 4.33. The quantitative estimate of drug-likeness (QED) is 0.101. The summed E-state index contributed by atoms with van der Waals surface area (Å²) in [5, 5.41) is 103. The molecule has 45 heavy (non-hydrogen) atoms. The number of ketones is 1. The van der Waals surface area contributed by atoms with Gasteiger partial charge in [0.1, 0.15) is 67.1 Å². The third kappa shape index (κ3) is 7.42. The van der Waals surface area contributed by atoms with Crippen LogP contribution >= 0.6 is 0 Å². The maximum absolute atomic E-state index is 11.9. The fourth-order valence-corrected chi connectivity index (χ4v) is 5.68. The van der Waals surface area contributed by atoms with Crippen LogP contribution in [0.4, 0.5) is 0 Å². The van der Waals surface area contributed by atoms with Crippen LogP contribution in [-0.2, 0) is 18.9 Å². The van der Waals surface area contributed by atoms with Gasteiger partial charge in [0.2, 0.25) is 0 Å². The molecule has 4 rings (SSSR count). The van der Waals surface area contributed by atoms with Crippen LogP contribution in [0.15, 0.2) is 18.2 Å². The van der Waals surface area contributed by atoms with Gasteiger partial charge >= 0.3 is 0 Å². The molecular formula is C28H42O17. The van der Waals surface area contributed by atoms with E-state index in [1.54, 1.807) is 0 Å². The van der Waals surface area contributed by atoms with Gasteiger partial charge in [0.05, 0.1) is 26.4 Å². The average molecular weight is 651 g/mol. The number of aliphatic hydroxyl groups is 10. The topological polar surface area (TPSA) is 275 Å². The standard InChI is InChI=1S/C28H42O17/c1-10(32)11-3-4-13(14(5-11)40-2)41-15-6-12(7-29)18(33)26(45-28-24(39)22(37)20(35)17(9-31)43-28)25(15)44-27-23(38)21(36)19(34)16(8-30)42-27/h3-5,12,15-31,33-39H,6-9H2,1-2H3/t12-,15-,16-,17-,18-,19-,20-,21+,22+,23-,24-,25+,26+,27+,28+/m1/s1. The highest BCUT2D eigenvalue weighted by atomic mass is 16.7. The smallest absolute Gasteiger partial charge is 0.187 e. The second-order valence-electron chi connectivity index (χ2n) is 11.3. The second-order valence-corrected chi connectivity index (χ2v) is 11.3. The van der Waals surface area contributed by atoms with Crippen LogP contribution in [0.2, 0.25) is 0 Å². The lowest BCUT2D eigenvalue weighted by Crippen LogP contribution is -2.66. The first-order valence-corrected chi connectivity index (χ1v) is 14.4. The summed E-state index contributed by atoms with van der Waals surface area (Å²) in [4.78, 5) is 11.9. The molecule has 17 nitrogen and oxygen atoms in total. The van der Waals surface area contributed by atoms with Gasteiger partial charge in [-0.05, 0) is 31.5 Å². The van der Waals surface area contributed by atoms with E-state index < -0.39 is 112 Å². The zero-order valence-corrected chi connectivity index (χ0v) is 24.6. The summed E-state index contributed by atoms with van der Waals surface area (Å²) in [6.45, 7) is -0.781. The number of carbonyl (C=O) groups is 1. The first-order chi connectivity index (χ1) is 21.4. The number of rotatable bonds is 11. The Kier molecular flexibility index (Phi) is 12.1. The second kappa shape index (κ2) is 15.2. The van der Waals surface area contributed by atoms with E-state index in [0.717, 1.165) is 0 Å². The maximum atomic E-state index is 11.9. The van der Waals surface area contributed by atoms with E-state index in [4.69, 9.17) is 28.4 Å². The monoisotopic (exact) mass is 650 g/mol. The fraction of sp³-hybridized carbons (Fsp3) is 0.750. The summed E-state index contributed by atoms with van der Waals surface area (Å²) < 4.78 is 34.5. The Balaban J connectivity index is 1.72. The van der Waals surface area contributed by atoms with Gasteiger partial charge in [-0.15, -0.1) is 0 Å². The van der Waals surface area contributed by atoms with Crippen LogP contribution in [0.1, 0.15) is 23.7 Å². The van der Waals surface area contributed by atoms with Crippen LogP contribution in [0.25, 0.3) is 0 Å². The van der Waals surface area contributed by atoms with Gasteiger partial charge in [-0.3, -0.25) is 4.79 Å². The molecule has 10 N–H and O–H groups in total. The molecule has 1 aliphatic carbocycles. The Morgan fingerprint density at radius 1 is 0.733 bits per heavy atom. The highest BCUT2D eigenvalue weighted by molar-refractivity contribution is 5.94. The summed E-state index contributed by atoms with van der Waals surface area (Å²) in [6.07, 6.45) is -23.1.